The zero-order valence-corrected chi connectivity index (χ0v) is 16.9. The molecule has 1 aliphatic heterocycles. The molecule has 0 radical (unpaired) electrons. The van der Waals surface area contributed by atoms with Crippen molar-refractivity contribution in [2.24, 2.45) is 10.9 Å². The van der Waals surface area contributed by atoms with E-state index in [9.17, 15) is 4.79 Å². The van der Waals surface area contributed by atoms with Crippen molar-refractivity contribution in [1.29, 1.82) is 0 Å². The summed E-state index contributed by atoms with van der Waals surface area (Å²) in [4.78, 5) is 18.9. The number of ether oxygens (including phenoxy) is 2. The van der Waals surface area contributed by atoms with E-state index in [4.69, 9.17) is 14.5 Å². The fourth-order valence-corrected chi connectivity index (χ4v) is 3.31. The molecule has 1 saturated heterocycles. The van der Waals surface area contributed by atoms with Crippen LogP contribution < -0.4 is 10.1 Å². The van der Waals surface area contributed by atoms with Crippen LogP contribution in [0, 0.1) is 5.92 Å². The summed E-state index contributed by atoms with van der Waals surface area (Å²) in [5, 5.41) is 3.38. The van der Waals surface area contributed by atoms with Crippen LogP contribution in [0.15, 0.2) is 29.3 Å². The third-order valence-electron chi connectivity index (χ3n) is 4.77. The van der Waals surface area contributed by atoms with Gasteiger partial charge in [0.15, 0.2) is 5.96 Å². The van der Waals surface area contributed by atoms with Crippen molar-refractivity contribution < 1.29 is 14.3 Å². The quantitative estimate of drug-likeness (QED) is 0.328. The number of nitrogens with zero attached hydrogens (tertiary/aromatic N) is 2. The number of carbonyl (C=O) groups is 1. The van der Waals surface area contributed by atoms with Crippen LogP contribution >= 0.6 is 0 Å². The number of esters is 1. The number of hydrogen-bond acceptors (Lipinski definition) is 4. The molecule has 0 bridgehead atoms. The highest BCUT2D eigenvalue weighted by atomic mass is 16.5. The summed E-state index contributed by atoms with van der Waals surface area (Å²) in [6, 6.07) is 8.19. The molecule has 0 amide bonds. The molecule has 0 unspecified atom stereocenters. The van der Waals surface area contributed by atoms with Gasteiger partial charge in [-0.05, 0) is 57.2 Å². The maximum atomic E-state index is 11.9. The molecule has 6 nitrogen and oxygen atoms in total. The molecule has 0 atom stereocenters. The Hall–Kier alpha value is -2.24. The van der Waals surface area contributed by atoms with E-state index in [2.05, 4.69) is 29.3 Å². The van der Waals surface area contributed by atoms with Crippen molar-refractivity contribution in [3.8, 4) is 5.75 Å². The summed E-state index contributed by atoms with van der Waals surface area (Å²) in [5.41, 5.74) is 1.27. The van der Waals surface area contributed by atoms with E-state index >= 15 is 0 Å². The van der Waals surface area contributed by atoms with Gasteiger partial charge in [-0.3, -0.25) is 9.79 Å². The minimum absolute atomic E-state index is 0.0251. The van der Waals surface area contributed by atoms with Gasteiger partial charge in [-0.2, -0.15) is 0 Å². The first-order chi connectivity index (χ1) is 13.2. The van der Waals surface area contributed by atoms with Gasteiger partial charge in [0.2, 0.25) is 0 Å². The van der Waals surface area contributed by atoms with Gasteiger partial charge in [-0.15, -0.1) is 0 Å². The van der Waals surface area contributed by atoms with Crippen molar-refractivity contribution in [3.63, 3.8) is 0 Å². The molecule has 1 N–H and O–H groups in total. The number of aliphatic imine (C=N–C) groups is 1. The number of aryl methyl sites for hydroxylation is 1. The second-order valence-corrected chi connectivity index (χ2v) is 6.70. The lowest BCUT2D eigenvalue weighted by Gasteiger charge is -2.33. The van der Waals surface area contributed by atoms with Gasteiger partial charge in [0.25, 0.3) is 0 Å². The third-order valence-corrected chi connectivity index (χ3v) is 4.77. The Labute approximate surface area is 162 Å². The Morgan fingerprint density at radius 2 is 2.07 bits per heavy atom. The number of methoxy groups -OCH3 is 1. The minimum atomic E-state index is -0.0580. The molecular formula is C21H33N3O3. The third kappa shape index (κ3) is 6.77. The number of guanidine groups is 1. The zero-order valence-electron chi connectivity index (χ0n) is 16.9. The number of nitrogens with one attached hydrogen (secondary N) is 1. The topological polar surface area (TPSA) is 63.2 Å². The highest BCUT2D eigenvalue weighted by Gasteiger charge is 2.27. The van der Waals surface area contributed by atoms with Crippen LogP contribution in [0.5, 0.6) is 5.75 Å². The molecule has 1 aliphatic rings. The van der Waals surface area contributed by atoms with E-state index in [0.717, 1.165) is 63.6 Å². The summed E-state index contributed by atoms with van der Waals surface area (Å²) in [6.45, 7) is 7.68. The molecule has 0 aromatic heterocycles. The zero-order chi connectivity index (χ0) is 19.5. The summed E-state index contributed by atoms with van der Waals surface area (Å²) >= 11 is 0. The number of benzene rings is 1. The van der Waals surface area contributed by atoms with E-state index in [0.29, 0.717) is 6.61 Å². The first-order valence-corrected chi connectivity index (χ1v) is 10.0. The number of carbonyl (C=O) groups excluding carboxylic acids is 1. The standard InChI is InChI=1S/C21H33N3O3/c1-4-22-21(24-14-11-18(12-15-24)20(25)27-5-2)23-13-7-9-17-8-6-10-19(16-17)26-3/h6,8,10,16,18H,4-5,7,9,11-15H2,1-3H3,(H,22,23). The molecule has 1 aromatic rings. The molecule has 27 heavy (non-hydrogen) atoms. The lowest BCUT2D eigenvalue weighted by molar-refractivity contribution is -0.149. The predicted molar refractivity (Wildman–Crippen MR) is 108 cm³/mol. The first-order valence-electron chi connectivity index (χ1n) is 10.0. The van der Waals surface area contributed by atoms with Crippen molar-refractivity contribution in [1.82, 2.24) is 10.2 Å². The predicted octanol–water partition coefficient (Wildman–Crippen LogP) is 2.87. The molecular weight excluding hydrogens is 342 g/mol. The lowest BCUT2D eigenvalue weighted by atomic mass is 9.97. The molecule has 0 saturated carbocycles. The minimum Gasteiger partial charge on any atom is -0.497 e. The lowest BCUT2D eigenvalue weighted by Crippen LogP contribution is -2.46. The molecule has 1 aromatic carbocycles. The maximum Gasteiger partial charge on any atom is 0.309 e. The van der Waals surface area contributed by atoms with E-state index in [-0.39, 0.29) is 11.9 Å². The summed E-state index contributed by atoms with van der Waals surface area (Å²) in [7, 11) is 1.69. The molecule has 0 spiro atoms. The van der Waals surface area contributed by atoms with Crippen LogP contribution in [0.4, 0.5) is 0 Å². The van der Waals surface area contributed by atoms with Crippen LogP contribution in [0.25, 0.3) is 0 Å². The maximum absolute atomic E-state index is 11.9. The van der Waals surface area contributed by atoms with Crippen molar-refractivity contribution in [2.45, 2.75) is 39.5 Å². The molecule has 1 heterocycles. The number of likely N-dealkylation sites (tertiary alicyclic amines) is 1. The summed E-state index contributed by atoms with van der Waals surface area (Å²) in [6.07, 6.45) is 3.62. The smallest absolute Gasteiger partial charge is 0.309 e. The molecule has 0 aliphatic carbocycles. The average molecular weight is 376 g/mol. The van der Waals surface area contributed by atoms with Gasteiger partial charge < -0.3 is 19.7 Å². The van der Waals surface area contributed by atoms with Crippen LogP contribution in [0.1, 0.15) is 38.7 Å². The molecule has 150 valence electrons. The van der Waals surface area contributed by atoms with E-state index in [1.54, 1.807) is 7.11 Å². The summed E-state index contributed by atoms with van der Waals surface area (Å²) in [5.74, 6) is 1.81. The van der Waals surface area contributed by atoms with E-state index < -0.39 is 0 Å². The van der Waals surface area contributed by atoms with E-state index in [1.807, 2.05) is 19.1 Å². The monoisotopic (exact) mass is 375 g/mol. The Bertz CT molecular complexity index is 610. The Morgan fingerprint density at radius 1 is 1.30 bits per heavy atom. The van der Waals surface area contributed by atoms with Crippen molar-refractivity contribution >= 4 is 11.9 Å². The van der Waals surface area contributed by atoms with Gasteiger partial charge in [0, 0.05) is 26.2 Å². The van der Waals surface area contributed by atoms with Gasteiger partial charge in [-0.25, -0.2) is 0 Å². The van der Waals surface area contributed by atoms with Crippen LogP contribution in [0.3, 0.4) is 0 Å². The Balaban J connectivity index is 1.82. The van der Waals surface area contributed by atoms with Crippen molar-refractivity contribution in [3.05, 3.63) is 29.8 Å². The number of hydrogen-bond donors (Lipinski definition) is 1. The highest BCUT2D eigenvalue weighted by Crippen LogP contribution is 2.19. The van der Waals surface area contributed by atoms with Crippen molar-refractivity contribution in [2.75, 3.05) is 39.9 Å². The second kappa shape index (κ2) is 11.5. The largest absolute Gasteiger partial charge is 0.497 e. The fourth-order valence-electron chi connectivity index (χ4n) is 3.31. The average Bonchev–Trinajstić information content (AvgIpc) is 2.71. The van der Waals surface area contributed by atoms with Gasteiger partial charge in [-0.1, -0.05) is 12.1 Å². The van der Waals surface area contributed by atoms with Gasteiger partial charge in [0.1, 0.15) is 5.75 Å². The normalized spacial score (nSPS) is 15.5. The van der Waals surface area contributed by atoms with E-state index in [1.165, 1.54) is 5.56 Å². The van der Waals surface area contributed by atoms with Crippen LogP contribution in [0.2, 0.25) is 0 Å². The van der Waals surface area contributed by atoms with Crippen LogP contribution in [-0.2, 0) is 16.0 Å². The summed E-state index contributed by atoms with van der Waals surface area (Å²) < 4.78 is 10.4. The highest BCUT2D eigenvalue weighted by molar-refractivity contribution is 5.80. The number of piperidine rings is 1. The molecule has 6 heteroatoms. The molecule has 2 rings (SSSR count). The SMILES string of the molecule is CCNC(=NCCCc1cccc(OC)c1)N1CCC(C(=O)OCC)CC1. The second-order valence-electron chi connectivity index (χ2n) is 6.70. The fraction of sp³-hybridized carbons (Fsp3) is 0.619. The van der Waals surface area contributed by atoms with Gasteiger partial charge in [0.05, 0.1) is 19.6 Å². The Kier molecular flexibility index (Phi) is 8.95. The first kappa shape index (κ1) is 21.1. The Morgan fingerprint density at radius 3 is 2.74 bits per heavy atom. The molecule has 1 fully saturated rings. The van der Waals surface area contributed by atoms with Gasteiger partial charge >= 0.3 is 5.97 Å². The number of rotatable bonds is 8. The van der Waals surface area contributed by atoms with Crippen LogP contribution in [-0.4, -0.2) is 56.7 Å².